The van der Waals surface area contributed by atoms with Crippen molar-refractivity contribution in [3.05, 3.63) is 70.5 Å². The van der Waals surface area contributed by atoms with Crippen molar-refractivity contribution in [2.24, 2.45) is 5.92 Å². The molecule has 0 amide bonds. The van der Waals surface area contributed by atoms with E-state index < -0.39 is 218 Å². The quantitative estimate of drug-likeness (QED) is 0.0771. The van der Waals surface area contributed by atoms with Crippen LogP contribution in [0, 0.1) is 5.92 Å². The van der Waals surface area contributed by atoms with Gasteiger partial charge >= 0.3 is 29.8 Å². The van der Waals surface area contributed by atoms with E-state index in [0.717, 1.165) is 0 Å². The number of aromatic hydroxyl groups is 11. The van der Waals surface area contributed by atoms with Crippen LogP contribution < -0.4 is 4.74 Å². The van der Waals surface area contributed by atoms with Crippen LogP contribution in [0.3, 0.4) is 0 Å². The van der Waals surface area contributed by atoms with Crippen LogP contribution in [0.15, 0.2) is 42.7 Å². The summed E-state index contributed by atoms with van der Waals surface area (Å²) in [5, 5.41) is 138. The molecule has 362 valence electrons. The second kappa shape index (κ2) is 17.1. The smallest absolute Gasteiger partial charge is 0.340 e. The van der Waals surface area contributed by atoms with Gasteiger partial charge in [0.05, 0.1) is 29.0 Å². The number of phenolic OH excluding ortho intramolecular Hbond substituents is 11. The first kappa shape index (κ1) is 46.6. The monoisotopic (exact) mass is 966 g/mol. The van der Waals surface area contributed by atoms with E-state index in [0.29, 0.717) is 30.3 Å². The third-order valence-corrected chi connectivity index (χ3v) is 11.5. The van der Waals surface area contributed by atoms with Crippen LogP contribution in [-0.2, 0) is 38.0 Å². The topological polar surface area (TPSA) is 430 Å². The highest BCUT2D eigenvalue weighted by molar-refractivity contribution is 6.10. The molecular weight excluding hydrogens is 932 g/mol. The molecule has 4 aliphatic rings. The van der Waals surface area contributed by atoms with E-state index in [1.165, 1.54) is 0 Å². The van der Waals surface area contributed by atoms with Gasteiger partial charge in [-0.25, -0.2) is 14.4 Å². The summed E-state index contributed by atoms with van der Waals surface area (Å²) in [6, 6.07) is 2.74. The first-order valence-corrected chi connectivity index (χ1v) is 19.8. The Morgan fingerprint density at radius 1 is 0.667 bits per heavy atom. The van der Waals surface area contributed by atoms with Gasteiger partial charge in [-0.1, -0.05) is 6.58 Å². The van der Waals surface area contributed by atoms with Crippen LogP contribution in [0.1, 0.15) is 59.3 Å². The molecule has 1 saturated heterocycles. The van der Waals surface area contributed by atoms with E-state index in [4.69, 9.17) is 33.2 Å². The van der Waals surface area contributed by atoms with Crippen molar-refractivity contribution < 1.29 is 128 Å². The number of Topliss-reactive ketones (excluding diaryl/α,β-unsaturated/α-hetero) is 1. The van der Waals surface area contributed by atoms with Crippen LogP contribution in [-0.4, -0.2) is 152 Å². The highest BCUT2D eigenvalue weighted by atomic mass is 16.7. The number of benzene rings is 4. The van der Waals surface area contributed by atoms with E-state index in [1.54, 1.807) is 0 Å². The van der Waals surface area contributed by atoms with E-state index in [2.05, 4.69) is 6.58 Å². The number of aliphatic hydroxyl groups excluding tert-OH is 1. The fraction of sp³-hybridized carbons (Fsp3) is 0.256. The Morgan fingerprint density at radius 2 is 1.23 bits per heavy atom. The van der Waals surface area contributed by atoms with Crippen molar-refractivity contribution in [2.75, 3.05) is 13.2 Å². The minimum atomic E-state index is -2.44. The molecule has 26 heteroatoms. The van der Waals surface area contributed by atoms with Gasteiger partial charge in [0, 0.05) is 28.2 Å². The number of carboxylic acids is 1. The summed E-state index contributed by atoms with van der Waals surface area (Å²) < 4.78 is 40.0. The second-order valence-electron chi connectivity index (χ2n) is 15.7. The molecule has 4 heterocycles. The predicted molar refractivity (Wildman–Crippen MR) is 215 cm³/mol. The number of aliphatic hydroxyl groups is 1. The normalized spacial score (nSPS) is 24.4. The van der Waals surface area contributed by atoms with Crippen LogP contribution in [0.5, 0.6) is 69.0 Å². The Hall–Kier alpha value is -8.88. The molecule has 69 heavy (non-hydrogen) atoms. The lowest BCUT2D eigenvalue weighted by molar-refractivity contribution is -0.294. The van der Waals surface area contributed by atoms with Gasteiger partial charge in [-0.15, -0.1) is 0 Å². The highest BCUT2D eigenvalue weighted by Crippen LogP contribution is 2.55. The molecule has 0 aromatic heterocycles. The van der Waals surface area contributed by atoms with Gasteiger partial charge in [0.25, 0.3) is 0 Å². The summed E-state index contributed by atoms with van der Waals surface area (Å²) in [7, 11) is 0. The number of phenols is 11. The Balaban J connectivity index is 1.36. The third kappa shape index (κ3) is 7.81. The molecule has 0 spiro atoms. The average Bonchev–Trinajstić information content (AvgIpc) is 3.29. The molecule has 0 aliphatic carbocycles. The maximum Gasteiger partial charge on any atom is 0.340 e. The number of esters is 4. The number of carboxylic acid groups (broad SMARTS) is 1. The zero-order valence-electron chi connectivity index (χ0n) is 34.5. The maximum atomic E-state index is 14.6. The highest BCUT2D eigenvalue weighted by Gasteiger charge is 2.56. The van der Waals surface area contributed by atoms with E-state index in [-0.39, 0.29) is 0 Å². The number of aliphatic carboxylic acids is 1. The largest absolute Gasteiger partial charge is 0.504 e. The number of hydrogen-bond donors (Lipinski definition) is 13. The number of cyclic esters (lactones) is 1. The van der Waals surface area contributed by atoms with Crippen LogP contribution in [0.25, 0.3) is 11.1 Å². The average molecular weight is 967 g/mol. The Bertz CT molecular complexity index is 2920. The molecule has 13 N–H and O–H groups in total. The number of rotatable bonds is 4. The fourth-order valence-electron chi connectivity index (χ4n) is 8.30. The molecule has 0 saturated carbocycles. The SMILES string of the molecule is C=C1Oc2c(O)c(O)cc3c2C(C1O)C(CC(=O)O)C(=O)OC1C2COC(=O)c4cc(O)c(O)c(O)c4-c4c(cc(O)c(O)c4O)C(=O)COC1C(OC3=O)C(OC(=O)c1cc(O)c(O)c(O)c1)O2. The van der Waals surface area contributed by atoms with Gasteiger partial charge in [0.1, 0.15) is 37.3 Å². The molecule has 8 rings (SSSR count). The number of ketones is 1. The zero-order chi connectivity index (χ0) is 50.2. The van der Waals surface area contributed by atoms with Crippen LogP contribution in [0.2, 0.25) is 0 Å². The van der Waals surface area contributed by atoms with Crippen molar-refractivity contribution in [3.8, 4) is 80.1 Å². The van der Waals surface area contributed by atoms with E-state index >= 15 is 0 Å². The summed E-state index contributed by atoms with van der Waals surface area (Å²) in [5.41, 5.74) is -6.16. The molecule has 1 fully saturated rings. The first-order chi connectivity index (χ1) is 32.5. The maximum absolute atomic E-state index is 14.6. The summed E-state index contributed by atoms with van der Waals surface area (Å²) in [4.78, 5) is 83.9. The molecule has 4 aliphatic heterocycles. The minimum Gasteiger partial charge on any atom is -0.504 e. The molecule has 8 atom stereocenters. The number of carbonyl (C=O) groups excluding carboxylic acids is 5. The fourth-order valence-corrected chi connectivity index (χ4v) is 8.30. The lowest BCUT2D eigenvalue weighted by Gasteiger charge is -2.44. The lowest BCUT2D eigenvalue weighted by Crippen LogP contribution is -2.63. The molecule has 8 unspecified atom stereocenters. The van der Waals surface area contributed by atoms with Crippen molar-refractivity contribution >= 4 is 35.6 Å². The lowest BCUT2D eigenvalue weighted by atomic mass is 9.75. The minimum absolute atomic E-state index is 0.478. The van der Waals surface area contributed by atoms with Gasteiger partial charge in [-0.05, 0) is 30.3 Å². The standard InChI is InChI=1S/C43H34O26/c1-10-28(52)26-15(7-23(50)51)42(62)67-35-22-9-64-40(60)13-5-19(47)31(55)34(58)25(13)24-12(4-18(46)30(54)33(24)57)21(49)8-63-37(35)38(68-41(61)14-6-20(48)32(56)36(65-10)27(14)26)43(66-22)69-39(59)11-2-16(44)29(53)17(45)3-11/h2-6,15,22,26,28,35,37-38,43-48,52-58H,1,7-9H2,(H,50,51). The van der Waals surface area contributed by atoms with Crippen molar-refractivity contribution in [1.82, 2.24) is 0 Å². The molecule has 4 aromatic carbocycles. The second-order valence-corrected chi connectivity index (χ2v) is 15.7. The van der Waals surface area contributed by atoms with Gasteiger partial charge in [0.15, 0.2) is 69.7 Å². The van der Waals surface area contributed by atoms with Gasteiger partial charge in [-0.2, -0.15) is 0 Å². The zero-order valence-corrected chi connectivity index (χ0v) is 34.5. The first-order valence-electron chi connectivity index (χ1n) is 19.8. The van der Waals surface area contributed by atoms with Crippen LogP contribution >= 0.6 is 0 Å². The predicted octanol–water partition coefficient (Wildman–Crippen LogP) is 1.03. The van der Waals surface area contributed by atoms with Gasteiger partial charge in [-0.3, -0.25) is 14.4 Å². The Kier molecular flexibility index (Phi) is 11.5. The number of carbonyl (C=O) groups is 6. The molecule has 4 aromatic rings. The number of ether oxygens (including phenoxy) is 7. The summed E-state index contributed by atoms with van der Waals surface area (Å²) in [5.74, 6) is -28.4. The van der Waals surface area contributed by atoms with Gasteiger partial charge < -0.3 is 99.5 Å². The molecule has 26 nitrogen and oxygen atoms in total. The summed E-state index contributed by atoms with van der Waals surface area (Å²) in [6.45, 7) is 0.889. The third-order valence-electron chi connectivity index (χ3n) is 11.5. The number of fused-ring (bicyclic) bond motifs is 3. The molecular formula is C43H34O26. The van der Waals surface area contributed by atoms with Crippen molar-refractivity contribution in [3.63, 3.8) is 0 Å². The summed E-state index contributed by atoms with van der Waals surface area (Å²) in [6.07, 6.45) is -14.8. The van der Waals surface area contributed by atoms with Crippen LogP contribution in [0.4, 0.5) is 0 Å². The van der Waals surface area contributed by atoms with E-state index in [1.807, 2.05) is 0 Å². The van der Waals surface area contributed by atoms with Gasteiger partial charge in [0.2, 0.25) is 23.5 Å². The summed E-state index contributed by atoms with van der Waals surface area (Å²) >= 11 is 0. The molecule has 0 radical (unpaired) electrons. The van der Waals surface area contributed by atoms with E-state index in [9.17, 15) is 95.2 Å². The molecule has 4 bridgehead atoms. The Labute approximate surface area is 382 Å². The number of hydrogen-bond acceptors (Lipinski definition) is 25. The van der Waals surface area contributed by atoms with Crippen molar-refractivity contribution in [1.29, 1.82) is 0 Å². The van der Waals surface area contributed by atoms with Crippen molar-refractivity contribution in [2.45, 2.75) is 49.1 Å². The Morgan fingerprint density at radius 3 is 1.86 bits per heavy atom.